The Morgan fingerprint density at radius 2 is 2.09 bits per heavy atom. The first-order valence-electron chi connectivity index (χ1n) is 7.08. The second-order valence-corrected chi connectivity index (χ2v) is 6.29. The van der Waals surface area contributed by atoms with Crippen LogP contribution in [0.15, 0.2) is 39.9 Å². The molecule has 0 saturated carbocycles. The number of rotatable bonds is 4. The van der Waals surface area contributed by atoms with E-state index in [9.17, 15) is 14.0 Å². The van der Waals surface area contributed by atoms with Crippen LogP contribution in [-0.2, 0) is 13.0 Å². The maximum Gasteiger partial charge on any atom is 0.329 e. The second-order valence-electron chi connectivity index (χ2n) is 5.16. The van der Waals surface area contributed by atoms with Crippen molar-refractivity contribution in [1.82, 2.24) is 9.55 Å². The van der Waals surface area contributed by atoms with Crippen molar-refractivity contribution in [2.75, 3.05) is 0 Å². The predicted octanol–water partition coefficient (Wildman–Crippen LogP) is 2.89. The Kier molecular flexibility index (Phi) is 3.94. The number of aryl methyl sites for hydroxylation is 1. The second kappa shape index (κ2) is 5.88. The Morgan fingerprint density at radius 3 is 2.82 bits per heavy atom. The molecule has 0 aliphatic heterocycles. The van der Waals surface area contributed by atoms with Gasteiger partial charge in [-0.25, -0.2) is 9.18 Å². The first-order valence-corrected chi connectivity index (χ1v) is 7.90. The highest BCUT2D eigenvalue weighted by molar-refractivity contribution is 7.18. The van der Waals surface area contributed by atoms with Gasteiger partial charge in [0.2, 0.25) is 0 Å². The number of nitrogens with one attached hydrogen (secondary N) is 1. The summed E-state index contributed by atoms with van der Waals surface area (Å²) >= 11 is 1.44. The molecule has 0 aliphatic rings. The largest absolute Gasteiger partial charge is 0.329 e. The van der Waals surface area contributed by atoms with Gasteiger partial charge in [-0.2, -0.15) is 0 Å². The minimum Gasteiger partial charge on any atom is -0.298 e. The van der Waals surface area contributed by atoms with Crippen LogP contribution in [0.4, 0.5) is 4.39 Å². The highest BCUT2D eigenvalue weighted by Crippen LogP contribution is 2.21. The van der Waals surface area contributed by atoms with Crippen LogP contribution in [0.25, 0.3) is 10.2 Å². The molecule has 4 nitrogen and oxygen atoms in total. The van der Waals surface area contributed by atoms with Crippen molar-refractivity contribution in [2.24, 2.45) is 0 Å². The molecule has 0 bridgehead atoms. The van der Waals surface area contributed by atoms with E-state index in [1.807, 2.05) is 6.07 Å². The molecule has 0 unspecified atom stereocenters. The van der Waals surface area contributed by atoms with E-state index >= 15 is 0 Å². The van der Waals surface area contributed by atoms with Crippen molar-refractivity contribution in [2.45, 2.75) is 26.3 Å². The summed E-state index contributed by atoms with van der Waals surface area (Å²) in [5.41, 5.74) is -0.218. The van der Waals surface area contributed by atoms with Gasteiger partial charge in [-0.15, -0.1) is 11.3 Å². The van der Waals surface area contributed by atoms with E-state index in [4.69, 9.17) is 0 Å². The van der Waals surface area contributed by atoms with Crippen molar-refractivity contribution in [3.8, 4) is 0 Å². The van der Waals surface area contributed by atoms with Crippen LogP contribution < -0.4 is 11.2 Å². The molecular formula is C16H15FN2O2S. The first-order chi connectivity index (χ1) is 10.6. The van der Waals surface area contributed by atoms with E-state index < -0.39 is 5.69 Å². The molecule has 1 aromatic carbocycles. The van der Waals surface area contributed by atoms with Crippen molar-refractivity contribution in [3.63, 3.8) is 0 Å². The number of halogens is 1. The van der Waals surface area contributed by atoms with Gasteiger partial charge >= 0.3 is 5.69 Å². The summed E-state index contributed by atoms with van der Waals surface area (Å²) in [5.74, 6) is -0.385. The Bertz CT molecular complexity index is 939. The third-order valence-electron chi connectivity index (χ3n) is 3.45. The van der Waals surface area contributed by atoms with Crippen LogP contribution in [0.2, 0.25) is 0 Å². The summed E-state index contributed by atoms with van der Waals surface area (Å²) in [6.07, 6.45) is 1.86. The molecule has 0 radical (unpaired) electrons. The maximum atomic E-state index is 13.2. The number of benzene rings is 1. The number of H-pyrrole nitrogens is 1. The highest BCUT2D eigenvalue weighted by atomic mass is 32.1. The number of aromatic amines is 1. The van der Waals surface area contributed by atoms with E-state index in [0.29, 0.717) is 15.8 Å². The van der Waals surface area contributed by atoms with Crippen molar-refractivity contribution >= 4 is 21.6 Å². The zero-order chi connectivity index (χ0) is 15.7. The van der Waals surface area contributed by atoms with Crippen LogP contribution in [-0.4, -0.2) is 9.55 Å². The average Bonchev–Trinajstić information content (AvgIpc) is 2.87. The number of aromatic nitrogens is 2. The summed E-state index contributed by atoms with van der Waals surface area (Å²) in [4.78, 5) is 29.1. The van der Waals surface area contributed by atoms with Crippen LogP contribution in [0.1, 0.15) is 23.8 Å². The Balaban J connectivity index is 2.09. The van der Waals surface area contributed by atoms with Gasteiger partial charge in [0.15, 0.2) is 0 Å². The normalized spacial score (nSPS) is 11.2. The Labute approximate surface area is 129 Å². The van der Waals surface area contributed by atoms with Crippen molar-refractivity contribution in [1.29, 1.82) is 0 Å². The molecule has 0 saturated heterocycles. The number of hydrogen-bond donors (Lipinski definition) is 1. The van der Waals surface area contributed by atoms with Crippen molar-refractivity contribution in [3.05, 3.63) is 67.4 Å². The number of fused-ring (bicyclic) bond motifs is 1. The monoisotopic (exact) mass is 318 g/mol. The number of nitrogens with zero attached hydrogens (tertiary/aromatic N) is 1. The lowest BCUT2D eigenvalue weighted by Gasteiger charge is -2.05. The molecule has 0 amide bonds. The molecule has 6 heteroatoms. The third kappa shape index (κ3) is 2.74. The molecule has 0 atom stereocenters. The first kappa shape index (κ1) is 14.7. The fourth-order valence-corrected chi connectivity index (χ4v) is 3.57. The zero-order valence-electron chi connectivity index (χ0n) is 12.1. The molecule has 3 rings (SSSR count). The van der Waals surface area contributed by atoms with Gasteiger partial charge in [0, 0.05) is 4.88 Å². The van der Waals surface area contributed by atoms with Crippen LogP contribution in [0, 0.1) is 5.82 Å². The van der Waals surface area contributed by atoms with E-state index in [-0.39, 0.29) is 17.9 Å². The van der Waals surface area contributed by atoms with E-state index in [0.717, 1.165) is 22.3 Å². The summed E-state index contributed by atoms with van der Waals surface area (Å²) in [5, 5.41) is 0.518. The summed E-state index contributed by atoms with van der Waals surface area (Å²) < 4.78 is 14.4. The smallest absolute Gasteiger partial charge is 0.298 e. The van der Waals surface area contributed by atoms with Gasteiger partial charge < -0.3 is 0 Å². The SMILES string of the molecule is CCCc1cc2c(=O)n(Cc3cccc(F)c3)c(=O)[nH]c2s1. The fraction of sp³-hybridized carbons (Fsp3) is 0.250. The molecule has 2 aromatic heterocycles. The van der Waals surface area contributed by atoms with Gasteiger partial charge in [0.25, 0.3) is 5.56 Å². The molecular weight excluding hydrogens is 303 g/mol. The summed E-state index contributed by atoms with van der Waals surface area (Å²) in [7, 11) is 0. The minimum absolute atomic E-state index is 0.0564. The van der Waals surface area contributed by atoms with Gasteiger partial charge in [-0.05, 0) is 30.2 Å². The van der Waals surface area contributed by atoms with E-state index in [1.54, 1.807) is 12.1 Å². The molecule has 2 heterocycles. The lowest BCUT2D eigenvalue weighted by Crippen LogP contribution is -2.34. The van der Waals surface area contributed by atoms with Gasteiger partial charge in [-0.3, -0.25) is 14.3 Å². The van der Waals surface area contributed by atoms with Crippen LogP contribution in [0.3, 0.4) is 0 Å². The summed E-state index contributed by atoms with van der Waals surface area (Å²) in [6.45, 7) is 2.12. The van der Waals surface area contributed by atoms with Crippen molar-refractivity contribution < 1.29 is 4.39 Å². The molecule has 114 valence electrons. The lowest BCUT2D eigenvalue weighted by molar-refractivity contribution is 0.621. The van der Waals surface area contributed by atoms with Crippen LogP contribution in [0.5, 0.6) is 0 Å². The molecule has 3 aromatic rings. The molecule has 0 aliphatic carbocycles. The third-order valence-corrected chi connectivity index (χ3v) is 4.56. The minimum atomic E-state index is -0.466. The zero-order valence-corrected chi connectivity index (χ0v) is 12.9. The predicted molar refractivity (Wildman–Crippen MR) is 86.2 cm³/mol. The molecule has 0 spiro atoms. The Hall–Kier alpha value is -2.21. The van der Waals surface area contributed by atoms with Gasteiger partial charge in [0.05, 0.1) is 11.9 Å². The molecule has 1 N–H and O–H groups in total. The lowest BCUT2D eigenvalue weighted by atomic mass is 10.2. The van der Waals surface area contributed by atoms with Gasteiger partial charge in [0.1, 0.15) is 10.6 Å². The number of thiophene rings is 1. The highest BCUT2D eigenvalue weighted by Gasteiger charge is 2.11. The quantitative estimate of drug-likeness (QED) is 0.804. The Morgan fingerprint density at radius 1 is 1.27 bits per heavy atom. The average molecular weight is 318 g/mol. The fourth-order valence-electron chi connectivity index (χ4n) is 2.43. The van der Waals surface area contributed by atoms with E-state index in [2.05, 4.69) is 11.9 Å². The van der Waals surface area contributed by atoms with Gasteiger partial charge in [-0.1, -0.05) is 25.5 Å². The van der Waals surface area contributed by atoms with Crippen LogP contribution >= 0.6 is 11.3 Å². The molecule has 22 heavy (non-hydrogen) atoms. The summed E-state index contributed by atoms with van der Waals surface area (Å²) in [6, 6.07) is 7.74. The topological polar surface area (TPSA) is 54.9 Å². The molecule has 0 fully saturated rings. The number of hydrogen-bond acceptors (Lipinski definition) is 3. The van der Waals surface area contributed by atoms with E-state index in [1.165, 1.54) is 23.5 Å². The maximum absolute atomic E-state index is 13.2. The standard InChI is InChI=1S/C16H15FN2O2S/c1-2-4-12-8-13-14(22-12)18-16(21)19(15(13)20)9-10-5-3-6-11(17)7-10/h3,5-8H,2,4,9H2,1H3,(H,18,21).